The lowest BCUT2D eigenvalue weighted by atomic mass is 10.2. The van der Waals surface area contributed by atoms with E-state index in [1.54, 1.807) is 29.5 Å². The van der Waals surface area contributed by atoms with Crippen LogP contribution in [0, 0.1) is 11.3 Å². The predicted octanol–water partition coefficient (Wildman–Crippen LogP) is 3.37. The zero-order chi connectivity index (χ0) is 16.9. The summed E-state index contributed by atoms with van der Waals surface area (Å²) in [6.45, 7) is 0.722. The molecule has 1 fully saturated rings. The maximum Gasteiger partial charge on any atom is 0.261 e. The second-order valence-electron chi connectivity index (χ2n) is 5.53. The van der Waals surface area contributed by atoms with Gasteiger partial charge < -0.3 is 14.4 Å². The van der Waals surface area contributed by atoms with Gasteiger partial charge in [0.25, 0.3) is 5.91 Å². The summed E-state index contributed by atoms with van der Waals surface area (Å²) in [5.74, 6) is 0.895. The van der Waals surface area contributed by atoms with Gasteiger partial charge in [-0.3, -0.25) is 4.79 Å². The lowest BCUT2D eigenvalue weighted by Gasteiger charge is -2.24. The molecule has 1 aromatic carbocycles. The molecule has 0 bridgehead atoms. The number of hydrogen-bond donors (Lipinski definition) is 0. The molecule has 0 aliphatic carbocycles. The number of ether oxygens (including phenoxy) is 2. The average Bonchev–Trinajstić information content (AvgIpc) is 3.30. The fraction of sp³-hybridized carbons (Fsp3) is 0.333. The van der Waals surface area contributed by atoms with Crippen molar-refractivity contribution in [1.29, 1.82) is 5.26 Å². The predicted molar refractivity (Wildman–Crippen MR) is 91.2 cm³/mol. The van der Waals surface area contributed by atoms with Crippen LogP contribution >= 0.6 is 11.3 Å². The summed E-state index contributed by atoms with van der Waals surface area (Å²) in [4.78, 5) is 15.7. The number of benzene rings is 1. The van der Waals surface area contributed by atoms with E-state index < -0.39 is 0 Å². The van der Waals surface area contributed by atoms with Crippen molar-refractivity contribution in [2.45, 2.75) is 18.9 Å². The van der Waals surface area contributed by atoms with E-state index >= 15 is 0 Å². The van der Waals surface area contributed by atoms with Gasteiger partial charge >= 0.3 is 0 Å². The Kier molecular flexibility index (Phi) is 5.02. The average molecular weight is 342 g/mol. The molecule has 0 saturated carbocycles. The normalized spacial score (nSPS) is 16.7. The number of nitrogens with zero attached hydrogens (tertiary/aromatic N) is 2. The second kappa shape index (κ2) is 7.37. The molecule has 5 nitrogen and oxygen atoms in total. The minimum absolute atomic E-state index is 0.0303. The molecule has 0 radical (unpaired) electrons. The number of methoxy groups -OCH3 is 1. The number of carbonyl (C=O) groups is 1. The Bertz CT molecular complexity index is 752. The van der Waals surface area contributed by atoms with Gasteiger partial charge in [0.15, 0.2) is 18.1 Å². The van der Waals surface area contributed by atoms with E-state index in [4.69, 9.17) is 14.7 Å². The van der Waals surface area contributed by atoms with E-state index in [-0.39, 0.29) is 18.6 Å². The van der Waals surface area contributed by atoms with Crippen molar-refractivity contribution >= 4 is 17.2 Å². The van der Waals surface area contributed by atoms with Gasteiger partial charge in [0.2, 0.25) is 0 Å². The molecular weight excluding hydrogens is 324 g/mol. The largest absolute Gasteiger partial charge is 0.493 e. The van der Waals surface area contributed by atoms with Crippen LogP contribution in [0.25, 0.3) is 0 Å². The molecule has 1 amide bonds. The van der Waals surface area contributed by atoms with Crippen LogP contribution in [0.5, 0.6) is 11.5 Å². The molecule has 1 atom stereocenters. The van der Waals surface area contributed by atoms with Crippen LogP contribution in [-0.2, 0) is 4.79 Å². The number of amides is 1. The van der Waals surface area contributed by atoms with Crippen molar-refractivity contribution in [1.82, 2.24) is 4.90 Å². The van der Waals surface area contributed by atoms with Crippen LogP contribution in [-0.4, -0.2) is 31.1 Å². The highest BCUT2D eigenvalue weighted by Gasteiger charge is 2.30. The lowest BCUT2D eigenvalue weighted by molar-refractivity contribution is -0.134. The van der Waals surface area contributed by atoms with Gasteiger partial charge in [-0.05, 0) is 36.4 Å². The molecule has 1 unspecified atom stereocenters. The Hall–Kier alpha value is -2.52. The smallest absolute Gasteiger partial charge is 0.261 e. The van der Waals surface area contributed by atoms with Crippen molar-refractivity contribution < 1.29 is 14.3 Å². The van der Waals surface area contributed by atoms with Gasteiger partial charge in [0.1, 0.15) is 0 Å². The quantitative estimate of drug-likeness (QED) is 0.836. The molecule has 2 heterocycles. The fourth-order valence-corrected chi connectivity index (χ4v) is 3.79. The number of hydrogen-bond acceptors (Lipinski definition) is 5. The van der Waals surface area contributed by atoms with E-state index in [1.807, 2.05) is 16.3 Å². The molecule has 24 heavy (non-hydrogen) atoms. The number of carbonyl (C=O) groups excluding carboxylic acids is 1. The number of nitriles is 1. The summed E-state index contributed by atoms with van der Waals surface area (Å²) in [5.41, 5.74) is 0.489. The molecule has 2 aromatic rings. The molecule has 1 aliphatic rings. The molecule has 1 aliphatic heterocycles. The molecule has 0 N–H and O–H groups in total. The molecule has 124 valence electrons. The lowest BCUT2D eigenvalue weighted by Crippen LogP contribution is -2.34. The Morgan fingerprint density at radius 2 is 2.29 bits per heavy atom. The summed E-state index contributed by atoms with van der Waals surface area (Å²) < 4.78 is 10.9. The maximum atomic E-state index is 12.6. The Morgan fingerprint density at radius 1 is 1.42 bits per heavy atom. The molecule has 0 spiro atoms. The minimum Gasteiger partial charge on any atom is -0.493 e. The summed E-state index contributed by atoms with van der Waals surface area (Å²) in [6, 6.07) is 11.2. The van der Waals surface area contributed by atoms with Gasteiger partial charge in [0.05, 0.1) is 24.8 Å². The molecule has 3 rings (SSSR count). The summed E-state index contributed by atoms with van der Waals surface area (Å²) >= 11 is 1.68. The van der Waals surface area contributed by atoms with E-state index in [9.17, 15) is 4.79 Å². The first kappa shape index (κ1) is 16.3. The third-order valence-corrected chi connectivity index (χ3v) is 5.06. The van der Waals surface area contributed by atoms with Gasteiger partial charge in [-0.15, -0.1) is 11.3 Å². The van der Waals surface area contributed by atoms with Gasteiger partial charge in [-0.1, -0.05) is 6.07 Å². The van der Waals surface area contributed by atoms with E-state index in [1.165, 1.54) is 12.0 Å². The second-order valence-corrected chi connectivity index (χ2v) is 6.51. The van der Waals surface area contributed by atoms with Crippen LogP contribution < -0.4 is 9.47 Å². The zero-order valence-electron chi connectivity index (χ0n) is 13.4. The van der Waals surface area contributed by atoms with Crippen molar-refractivity contribution in [2.75, 3.05) is 20.3 Å². The van der Waals surface area contributed by atoms with Gasteiger partial charge in [0, 0.05) is 17.5 Å². The number of rotatable bonds is 5. The third kappa shape index (κ3) is 3.36. The summed E-state index contributed by atoms with van der Waals surface area (Å²) in [7, 11) is 1.51. The highest BCUT2D eigenvalue weighted by Crippen LogP contribution is 2.35. The summed E-state index contributed by atoms with van der Waals surface area (Å²) in [6.07, 6.45) is 2.00. The Morgan fingerprint density at radius 3 is 3.00 bits per heavy atom. The highest BCUT2D eigenvalue weighted by molar-refractivity contribution is 7.10. The van der Waals surface area contributed by atoms with Crippen molar-refractivity contribution in [3.05, 3.63) is 46.2 Å². The molecule has 1 saturated heterocycles. The maximum absolute atomic E-state index is 12.6. The van der Waals surface area contributed by atoms with Crippen molar-refractivity contribution in [3.63, 3.8) is 0 Å². The fourth-order valence-electron chi connectivity index (χ4n) is 2.92. The van der Waals surface area contributed by atoms with Crippen molar-refractivity contribution in [2.24, 2.45) is 0 Å². The zero-order valence-corrected chi connectivity index (χ0v) is 14.2. The monoisotopic (exact) mass is 342 g/mol. The highest BCUT2D eigenvalue weighted by atomic mass is 32.1. The molecule has 6 heteroatoms. The van der Waals surface area contributed by atoms with E-state index in [0.717, 1.165) is 19.4 Å². The number of thiophene rings is 1. The first-order chi connectivity index (χ1) is 11.7. The first-order valence-corrected chi connectivity index (χ1v) is 8.64. The standard InChI is InChI=1S/C18H18N2O3S/c1-22-16-10-13(11-19)6-7-15(16)23-12-18(21)20-8-2-4-14(20)17-5-3-9-24-17/h3,5-7,9-10,14H,2,4,8,12H2,1H3. The molecule has 1 aromatic heterocycles. The first-order valence-electron chi connectivity index (χ1n) is 7.76. The minimum atomic E-state index is -0.0376. The van der Waals surface area contributed by atoms with Crippen LogP contribution in [0.3, 0.4) is 0 Å². The van der Waals surface area contributed by atoms with Crippen LogP contribution in [0.4, 0.5) is 0 Å². The van der Waals surface area contributed by atoms with Crippen LogP contribution in [0.2, 0.25) is 0 Å². The number of likely N-dealkylation sites (tertiary alicyclic amines) is 1. The van der Waals surface area contributed by atoms with Gasteiger partial charge in [-0.2, -0.15) is 5.26 Å². The van der Waals surface area contributed by atoms with Gasteiger partial charge in [-0.25, -0.2) is 0 Å². The third-order valence-electron chi connectivity index (χ3n) is 4.09. The topological polar surface area (TPSA) is 62.6 Å². The Labute approximate surface area is 145 Å². The molecular formula is C18H18N2O3S. The Balaban J connectivity index is 1.66. The van der Waals surface area contributed by atoms with E-state index in [2.05, 4.69) is 12.1 Å². The van der Waals surface area contributed by atoms with Crippen molar-refractivity contribution in [3.8, 4) is 17.6 Å². The van der Waals surface area contributed by atoms with Crippen LogP contribution in [0.1, 0.15) is 29.3 Å². The SMILES string of the molecule is COc1cc(C#N)ccc1OCC(=O)N1CCCC1c1cccs1. The van der Waals surface area contributed by atoms with Crippen LogP contribution in [0.15, 0.2) is 35.7 Å². The summed E-state index contributed by atoms with van der Waals surface area (Å²) in [5, 5.41) is 11.0. The van der Waals surface area contributed by atoms with E-state index in [0.29, 0.717) is 17.1 Å².